The van der Waals surface area contributed by atoms with Crippen LogP contribution in [0.2, 0.25) is 0 Å². The maximum atomic E-state index is 15.5. The summed E-state index contributed by atoms with van der Waals surface area (Å²) in [5.74, 6) is -4.02. The number of aromatic hydroxyl groups is 1. The summed E-state index contributed by atoms with van der Waals surface area (Å²) in [6.07, 6.45) is 5.72. The van der Waals surface area contributed by atoms with Crippen molar-refractivity contribution >= 4 is 5.65 Å². The number of fused-ring (bicyclic) bond motifs is 1. The van der Waals surface area contributed by atoms with Gasteiger partial charge in [0.05, 0.1) is 24.3 Å². The summed E-state index contributed by atoms with van der Waals surface area (Å²) in [5.41, 5.74) is 1.39. The lowest BCUT2D eigenvalue weighted by molar-refractivity contribution is 0.0307. The Morgan fingerprint density at radius 2 is 1.77 bits per heavy atom. The van der Waals surface area contributed by atoms with Crippen LogP contribution < -0.4 is 0 Å². The Bertz CT molecular complexity index is 1390. The van der Waals surface area contributed by atoms with E-state index in [-0.39, 0.29) is 22.8 Å². The summed E-state index contributed by atoms with van der Waals surface area (Å²) in [4.78, 5) is 7.94. The summed E-state index contributed by atoms with van der Waals surface area (Å²) in [6.45, 7) is 0. The second kappa shape index (κ2) is 6.90. The highest BCUT2D eigenvalue weighted by Crippen LogP contribution is 2.36. The van der Waals surface area contributed by atoms with Crippen molar-refractivity contribution in [3.05, 3.63) is 72.6 Å². The smallest absolute Gasteiger partial charge is 0.333 e. The summed E-state index contributed by atoms with van der Waals surface area (Å²) in [6, 6.07) is 8.89. The molecule has 5 rings (SSSR count). The predicted molar refractivity (Wildman–Crippen MR) is 105 cm³/mol. The molecule has 5 aromatic rings. The maximum absolute atomic E-state index is 15.5. The quantitative estimate of drug-likeness (QED) is 0.476. The molecule has 0 aliphatic carbocycles. The fourth-order valence-electron chi connectivity index (χ4n) is 3.15. The van der Waals surface area contributed by atoms with E-state index in [1.807, 2.05) is 0 Å². The molecule has 0 atom stereocenters. The Labute approximate surface area is 173 Å². The first-order chi connectivity index (χ1) is 14.9. The van der Waals surface area contributed by atoms with Gasteiger partial charge in [-0.3, -0.25) is 4.68 Å². The topological polar surface area (TPSA) is 107 Å². The number of aromatic nitrogens is 8. The van der Waals surface area contributed by atoms with E-state index >= 15 is 8.78 Å². The predicted octanol–water partition coefficient (Wildman–Crippen LogP) is 2.83. The van der Waals surface area contributed by atoms with Crippen LogP contribution in [0, 0.1) is 0 Å². The second-order valence-electron chi connectivity index (χ2n) is 6.83. The van der Waals surface area contributed by atoms with E-state index in [1.54, 1.807) is 42.3 Å². The van der Waals surface area contributed by atoms with Crippen molar-refractivity contribution < 1.29 is 13.9 Å². The third kappa shape index (κ3) is 3.25. The lowest BCUT2D eigenvalue weighted by Crippen LogP contribution is -2.20. The Morgan fingerprint density at radius 1 is 0.968 bits per heavy atom. The first kappa shape index (κ1) is 18.7. The molecule has 0 aliphatic heterocycles. The monoisotopic (exact) mass is 420 g/mol. The molecule has 0 amide bonds. The molecule has 31 heavy (non-hydrogen) atoms. The number of alkyl halides is 2. The number of halogens is 2. The molecule has 0 radical (unpaired) electrons. The molecule has 11 heteroatoms. The van der Waals surface area contributed by atoms with Gasteiger partial charge < -0.3 is 5.11 Å². The molecular formula is C20H14F2N8O. The lowest BCUT2D eigenvalue weighted by Gasteiger charge is -2.15. The Hall–Kier alpha value is -4.28. The van der Waals surface area contributed by atoms with Crippen molar-refractivity contribution in [1.29, 1.82) is 0 Å². The lowest BCUT2D eigenvalue weighted by atomic mass is 10.0. The SMILES string of the molecule is Cn1cc(-c2ccc3nnc(C(F)(F)c4cccc(-c5ncc(O)cn5)c4)n3n2)cn1. The molecular weight excluding hydrogens is 406 g/mol. The molecule has 0 spiro atoms. The highest BCUT2D eigenvalue weighted by molar-refractivity contribution is 5.59. The summed E-state index contributed by atoms with van der Waals surface area (Å²) in [5, 5.41) is 25.3. The van der Waals surface area contributed by atoms with Crippen LogP contribution in [0.25, 0.3) is 28.3 Å². The van der Waals surface area contributed by atoms with E-state index in [4.69, 9.17) is 0 Å². The molecule has 9 nitrogen and oxygen atoms in total. The Kier molecular flexibility index (Phi) is 4.17. The highest BCUT2D eigenvalue weighted by atomic mass is 19.3. The van der Waals surface area contributed by atoms with Gasteiger partial charge in [-0.2, -0.15) is 23.5 Å². The van der Waals surface area contributed by atoms with Crippen LogP contribution >= 0.6 is 0 Å². The van der Waals surface area contributed by atoms with Gasteiger partial charge in [-0.1, -0.05) is 18.2 Å². The maximum Gasteiger partial charge on any atom is 0.333 e. The minimum atomic E-state index is -3.49. The first-order valence-electron chi connectivity index (χ1n) is 9.13. The fourth-order valence-corrected chi connectivity index (χ4v) is 3.15. The second-order valence-corrected chi connectivity index (χ2v) is 6.83. The van der Waals surface area contributed by atoms with Crippen molar-refractivity contribution in [3.8, 4) is 28.4 Å². The van der Waals surface area contributed by atoms with Gasteiger partial charge in [0.25, 0.3) is 0 Å². The van der Waals surface area contributed by atoms with E-state index in [0.29, 0.717) is 16.8 Å². The molecule has 0 saturated carbocycles. The molecule has 1 N–H and O–H groups in total. The van der Waals surface area contributed by atoms with Gasteiger partial charge >= 0.3 is 5.92 Å². The van der Waals surface area contributed by atoms with Gasteiger partial charge in [0.1, 0.15) is 0 Å². The van der Waals surface area contributed by atoms with Gasteiger partial charge in [-0.05, 0) is 18.2 Å². The molecule has 0 fully saturated rings. The molecule has 1 aromatic carbocycles. The highest BCUT2D eigenvalue weighted by Gasteiger charge is 2.40. The van der Waals surface area contributed by atoms with Gasteiger partial charge in [-0.25, -0.2) is 9.97 Å². The average Bonchev–Trinajstić information content (AvgIpc) is 3.40. The molecule has 0 bridgehead atoms. The standard InChI is InChI=1S/C20H14F2N8O/c1-29-11-13(8-25-29)16-5-6-17-26-27-19(30(17)28-16)20(21,22)14-4-2-3-12(7-14)18-23-9-15(31)10-24-18/h2-11,31H,1H3. The Balaban J connectivity index is 1.59. The van der Waals surface area contributed by atoms with Crippen LogP contribution in [0.15, 0.2) is 61.2 Å². The average molecular weight is 420 g/mol. The molecule has 154 valence electrons. The van der Waals surface area contributed by atoms with Crippen molar-refractivity contribution in [3.63, 3.8) is 0 Å². The van der Waals surface area contributed by atoms with Crippen LogP contribution in [0.1, 0.15) is 11.4 Å². The van der Waals surface area contributed by atoms with Crippen LogP contribution in [-0.4, -0.2) is 44.7 Å². The van der Waals surface area contributed by atoms with Crippen molar-refractivity contribution in [2.45, 2.75) is 5.92 Å². The molecule has 4 aromatic heterocycles. The summed E-state index contributed by atoms with van der Waals surface area (Å²) >= 11 is 0. The van der Waals surface area contributed by atoms with Gasteiger partial charge in [0, 0.05) is 29.9 Å². The number of benzene rings is 1. The number of hydrogen-bond donors (Lipinski definition) is 1. The third-order valence-electron chi connectivity index (χ3n) is 4.67. The zero-order valence-electron chi connectivity index (χ0n) is 16.1. The Morgan fingerprint density at radius 3 is 2.52 bits per heavy atom. The minimum absolute atomic E-state index is 0.115. The fraction of sp³-hybridized carbons (Fsp3) is 0.100. The van der Waals surface area contributed by atoms with E-state index in [9.17, 15) is 5.11 Å². The minimum Gasteiger partial charge on any atom is -0.505 e. The number of aryl methyl sites for hydroxylation is 1. The van der Waals surface area contributed by atoms with Crippen LogP contribution in [0.4, 0.5) is 8.78 Å². The number of rotatable bonds is 4. The molecule has 0 saturated heterocycles. The van der Waals surface area contributed by atoms with Gasteiger partial charge in [-0.15, -0.1) is 10.2 Å². The third-order valence-corrected chi connectivity index (χ3v) is 4.67. The van der Waals surface area contributed by atoms with E-state index in [0.717, 1.165) is 4.52 Å². The first-order valence-corrected chi connectivity index (χ1v) is 9.13. The van der Waals surface area contributed by atoms with Crippen LogP contribution in [0.3, 0.4) is 0 Å². The van der Waals surface area contributed by atoms with E-state index in [1.165, 1.54) is 30.6 Å². The molecule has 4 heterocycles. The van der Waals surface area contributed by atoms with Crippen LogP contribution in [-0.2, 0) is 13.0 Å². The summed E-state index contributed by atoms with van der Waals surface area (Å²) in [7, 11) is 1.76. The largest absolute Gasteiger partial charge is 0.505 e. The molecule has 0 aliphatic rings. The summed E-state index contributed by atoms with van der Waals surface area (Å²) < 4.78 is 33.6. The van der Waals surface area contributed by atoms with Crippen LogP contribution in [0.5, 0.6) is 5.75 Å². The molecule has 0 unspecified atom stereocenters. The van der Waals surface area contributed by atoms with Gasteiger partial charge in [0.15, 0.2) is 17.2 Å². The van der Waals surface area contributed by atoms with E-state index < -0.39 is 11.7 Å². The van der Waals surface area contributed by atoms with Crippen molar-refractivity contribution in [2.75, 3.05) is 0 Å². The normalized spacial score (nSPS) is 11.8. The van der Waals surface area contributed by atoms with E-state index in [2.05, 4.69) is 30.4 Å². The van der Waals surface area contributed by atoms with Gasteiger partial charge in [0.2, 0.25) is 5.82 Å². The number of hydrogen-bond acceptors (Lipinski definition) is 7. The zero-order chi connectivity index (χ0) is 21.6. The van der Waals surface area contributed by atoms with Crippen molar-refractivity contribution in [1.82, 2.24) is 39.6 Å². The number of nitrogens with zero attached hydrogens (tertiary/aromatic N) is 8. The van der Waals surface area contributed by atoms with Crippen molar-refractivity contribution in [2.24, 2.45) is 7.05 Å². The zero-order valence-corrected chi connectivity index (χ0v) is 16.1.